The molecule has 2 aromatic carbocycles. The molecule has 0 aliphatic carbocycles. The first-order chi connectivity index (χ1) is 12.3. The minimum atomic E-state index is -0.0620. The van der Waals surface area contributed by atoms with Gasteiger partial charge in [0.25, 0.3) is 0 Å². The lowest BCUT2D eigenvalue weighted by Gasteiger charge is -2.02. The minimum absolute atomic E-state index is 0.0620. The topological polar surface area (TPSA) is 60.1 Å². The smallest absolute Gasteiger partial charge is 0.224 e. The van der Waals surface area contributed by atoms with E-state index in [-0.39, 0.29) is 12.3 Å². The first kappa shape index (κ1) is 15.2. The molecule has 4 aromatic rings. The van der Waals surface area contributed by atoms with Crippen LogP contribution in [0.1, 0.15) is 11.3 Å². The van der Waals surface area contributed by atoms with Gasteiger partial charge in [0, 0.05) is 11.6 Å². The molecule has 0 aliphatic rings. The van der Waals surface area contributed by atoms with Crippen molar-refractivity contribution in [1.29, 1.82) is 0 Å². The fourth-order valence-electron chi connectivity index (χ4n) is 2.73. The second-order valence-corrected chi connectivity index (χ2v) is 5.83. The molecule has 5 heteroatoms. The third kappa shape index (κ3) is 3.45. The standard InChI is InChI=1S/C20H17N3O2/c24-20(21-13-18-11-16-6-4-5-9-19(16)25-18)10-15-12-22-23(14-15)17-7-2-1-3-8-17/h1-9,11-12,14H,10,13H2,(H,21,24). The Morgan fingerprint density at radius 1 is 1.08 bits per heavy atom. The van der Waals surface area contributed by atoms with Crippen molar-refractivity contribution in [3.63, 3.8) is 0 Å². The zero-order valence-electron chi connectivity index (χ0n) is 13.6. The Balaban J connectivity index is 1.37. The van der Waals surface area contributed by atoms with Crippen LogP contribution in [0.4, 0.5) is 0 Å². The van der Waals surface area contributed by atoms with Gasteiger partial charge in [-0.15, -0.1) is 0 Å². The minimum Gasteiger partial charge on any atom is -0.459 e. The molecule has 0 saturated heterocycles. The van der Waals surface area contributed by atoms with Gasteiger partial charge in [0.05, 0.1) is 24.8 Å². The van der Waals surface area contributed by atoms with Gasteiger partial charge in [-0.05, 0) is 29.8 Å². The average molecular weight is 331 g/mol. The third-order valence-electron chi connectivity index (χ3n) is 3.96. The highest BCUT2D eigenvalue weighted by Crippen LogP contribution is 2.18. The predicted octanol–water partition coefficient (Wildman–Crippen LogP) is 3.48. The predicted molar refractivity (Wildman–Crippen MR) is 95.3 cm³/mol. The molecule has 0 fully saturated rings. The van der Waals surface area contributed by atoms with Crippen LogP contribution in [0.25, 0.3) is 16.7 Å². The first-order valence-electron chi connectivity index (χ1n) is 8.11. The number of hydrogen-bond acceptors (Lipinski definition) is 3. The fourth-order valence-corrected chi connectivity index (χ4v) is 2.73. The zero-order chi connectivity index (χ0) is 17.1. The van der Waals surface area contributed by atoms with Crippen molar-refractivity contribution < 1.29 is 9.21 Å². The van der Waals surface area contributed by atoms with Gasteiger partial charge in [0.15, 0.2) is 0 Å². The molecular formula is C20H17N3O2. The van der Waals surface area contributed by atoms with E-state index in [4.69, 9.17) is 4.42 Å². The van der Waals surface area contributed by atoms with Crippen LogP contribution in [0.2, 0.25) is 0 Å². The van der Waals surface area contributed by atoms with Gasteiger partial charge in [0.2, 0.25) is 5.91 Å². The normalized spacial score (nSPS) is 10.9. The molecule has 5 nitrogen and oxygen atoms in total. The number of nitrogens with zero attached hydrogens (tertiary/aromatic N) is 2. The van der Waals surface area contributed by atoms with Crippen LogP contribution in [0.3, 0.4) is 0 Å². The van der Waals surface area contributed by atoms with E-state index < -0.39 is 0 Å². The second kappa shape index (κ2) is 6.65. The van der Waals surface area contributed by atoms with E-state index in [1.165, 1.54) is 0 Å². The van der Waals surface area contributed by atoms with E-state index in [2.05, 4.69) is 10.4 Å². The van der Waals surface area contributed by atoms with E-state index in [0.717, 1.165) is 28.0 Å². The van der Waals surface area contributed by atoms with E-state index in [9.17, 15) is 4.79 Å². The van der Waals surface area contributed by atoms with Gasteiger partial charge < -0.3 is 9.73 Å². The first-order valence-corrected chi connectivity index (χ1v) is 8.11. The van der Waals surface area contributed by atoms with Gasteiger partial charge >= 0.3 is 0 Å². The Morgan fingerprint density at radius 3 is 2.72 bits per heavy atom. The summed E-state index contributed by atoms with van der Waals surface area (Å²) in [6.45, 7) is 0.375. The van der Waals surface area contributed by atoms with Crippen LogP contribution in [0.5, 0.6) is 0 Å². The Kier molecular flexibility index (Phi) is 4.04. The van der Waals surface area contributed by atoms with Gasteiger partial charge in [-0.1, -0.05) is 36.4 Å². The molecule has 25 heavy (non-hydrogen) atoms. The maximum Gasteiger partial charge on any atom is 0.224 e. The van der Waals surface area contributed by atoms with Crippen molar-refractivity contribution in [2.75, 3.05) is 0 Å². The van der Waals surface area contributed by atoms with Gasteiger partial charge in [-0.2, -0.15) is 5.10 Å². The van der Waals surface area contributed by atoms with Crippen molar-refractivity contribution in [2.24, 2.45) is 0 Å². The molecule has 0 atom stereocenters. The molecule has 0 radical (unpaired) electrons. The maximum atomic E-state index is 12.2. The molecule has 0 spiro atoms. The molecule has 0 saturated carbocycles. The van der Waals surface area contributed by atoms with Crippen LogP contribution in [0, 0.1) is 0 Å². The van der Waals surface area contributed by atoms with Crippen molar-refractivity contribution in [2.45, 2.75) is 13.0 Å². The van der Waals surface area contributed by atoms with E-state index >= 15 is 0 Å². The van der Waals surface area contributed by atoms with Crippen LogP contribution in [-0.2, 0) is 17.8 Å². The molecule has 4 rings (SSSR count). The number of aromatic nitrogens is 2. The number of rotatable bonds is 5. The van der Waals surface area contributed by atoms with Crippen molar-refractivity contribution in [3.8, 4) is 5.69 Å². The Labute approximate surface area is 144 Å². The number of furan rings is 1. The van der Waals surface area contributed by atoms with Crippen LogP contribution in [-0.4, -0.2) is 15.7 Å². The molecule has 124 valence electrons. The third-order valence-corrected chi connectivity index (χ3v) is 3.96. The van der Waals surface area contributed by atoms with Gasteiger partial charge in [-0.25, -0.2) is 4.68 Å². The molecule has 2 aromatic heterocycles. The summed E-state index contributed by atoms with van der Waals surface area (Å²) < 4.78 is 7.47. The largest absolute Gasteiger partial charge is 0.459 e. The van der Waals surface area contributed by atoms with Gasteiger partial charge in [0.1, 0.15) is 11.3 Å². The number of amides is 1. The lowest BCUT2D eigenvalue weighted by atomic mass is 10.2. The highest BCUT2D eigenvalue weighted by molar-refractivity contribution is 5.79. The highest BCUT2D eigenvalue weighted by Gasteiger charge is 2.08. The number of benzene rings is 2. The van der Waals surface area contributed by atoms with Crippen molar-refractivity contribution >= 4 is 16.9 Å². The van der Waals surface area contributed by atoms with E-state index in [1.54, 1.807) is 10.9 Å². The van der Waals surface area contributed by atoms with Crippen molar-refractivity contribution in [1.82, 2.24) is 15.1 Å². The fraction of sp³-hybridized carbons (Fsp3) is 0.100. The Bertz CT molecular complexity index is 969. The van der Waals surface area contributed by atoms with E-state index in [1.807, 2.05) is 66.9 Å². The van der Waals surface area contributed by atoms with Crippen molar-refractivity contribution in [3.05, 3.63) is 84.4 Å². The van der Waals surface area contributed by atoms with Crippen LogP contribution >= 0.6 is 0 Å². The molecule has 2 heterocycles. The molecule has 0 aliphatic heterocycles. The molecule has 1 N–H and O–H groups in total. The zero-order valence-corrected chi connectivity index (χ0v) is 13.6. The summed E-state index contributed by atoms with van der Waals surface area (Å²) in [6.07, 6.45) is 3.87. The number of para-hydroxylation sites is 2. The molecule has 0 bridgehead atoms. The highest BCUT2D eigenvalue weighted by atomic mass is 16.3. The quantitative estimate of drug-likeness (QED) is 0.609. The lowest BCUT2D eigenvalue weighted by Crippen LogP contribution is -2.24. The van der Waals surface area contributed by atoms with Gasteiger partial charge in [-0.3, -0.25) is 4.79 Å². The molecule has 0 unspecified atom stereocenters. The van der Waals surface area contributed by atoms with Crippen LogP contribution < -0.4 is 5.32 Å². The maximum absolute atomic E-state index is 12.2. The summed E-state index contributed by atoms with van der Waals surface area (Å²) in [5, 5.41) is 8.23. The Hall–Kier alpha value is -3.34. The summed E-state index contributed by atoms with van der Waals surface area (Å²) >= 11 is 0. The number of carbonyl (C=O) groups excluding carboxylic acids is 1. The Morgan fingerprint density at radius 2 is 1.88 bits per heavy atom. The SMILES string of the molecule is O=C(Cc1cnn(-c2ccccc2)c1)NCc1cc2ccccc2o1. The summed E-state index contributed by atoms with van der Waals surface area (Å²) in [5.74, 6) is 0.683. The molecule has 1 amide bonds. The van der Waals surface area contributed by atoms with Crippen LogP contribution in [0.15, 0.2) is 77.5 Å². The number of nitrogens with one attached hydrogen (secondary N) is 1. The second-order valence-electron chi connectivity index (χ2n) is 5.83. The number of fused-ring (bicyclic) bond motifs is 1. The summed E-state index contributed by atoms with van der Waals surface area (Å²) in [7, 11) is 0. The monoisotopic (exact) mass is 331 g/mol. The summed E-state index contributed by atoms with van der Waals surface area (Å²) in [5.41, 5.74) is 2.67. The number of hydrogen-bond donors (Lipinski definition) is 1. The summed E-state index contributed by atoms with van der Waals surface area (Å²) in [4.78, 5) is 12.2. The summed E-state index contributed by atoms with van der Waals surface area (Å²) in [6, 6.07) is 19.6. The average Bonchev–Trinajstić information content (AvgIpc) is 3.27. The number of carbonyl (C=O) groups is 1. The lowest BCUT2D eigenvalue weighted by molar-refractivity contribution is -0.120. The molecular weight excluding hydrogens is 314 g/mol. The van der Waals surface area contributed by atoms with E-state index in [0.29, 0.717) is 6.54 Å².